The molecule has 3 aliphatic carbocycles. The van der Waals surface area contributed by atoms with Gasteiger partial charge in [-0.05, 0) is 141 Å². The number of rotatable bonds is 7. The molecule has 47 heavy (non-hydrogen) atoms. The minimum atomic E-state index is -0.210. The number of anilines is 2. The summed E-state index contributed by atoms with van der Waals surface area (Å²) in [5.74, 6) is 7.77. The Labute approximate surface area is 284 Å². The third kappa shape index (κ3) is 7.95. The summed E-state index contributed by atoms with van der Waals surface area (Å²) in [7, 11) is 0. The van der Waals surface area contributed by atoms with E-state index in [4.69, 9.17) is 0 Å². The molecule has 0 spiro atoms. The Morgan fingerprint density at radius 2 is 1.77 bits per heavy atom. The quantitative estimate of drug-likeness (QED) is 0.181. The topological polar surface area (TPSA) is 52.6 Å². The van der Waals surface area contributed by atoms with E-state index in [9.17, 15) is 9.90 Å². The number of fused-ring (bicyclic) bond motifs is 3. The van der Waals surface area contributed by atoms with Crippen molar-refractivity contribution >= 4 is 17.7 Å². The molecule has 0 aromatic heterocycles. The van der Waals surface area contributed by atoms with Gasteiger partial charge < -0.3 is 15.3 Å². The van der Waals surface area contributed by atoms with Crippen molar-refractivity contribution in [3.8, 4) is 11.8 Å². The number of piperidine rings is 1. The normalized spacial score (nSPS) is 27.5. The van der Waals surface area contributed by atoms with E-state index in [0.29, 0.717) is 17.8 Å². The third-order valence-electron chi connectivity index (χ3n) is 11.2. The zero-order valence-corrected chi connectivity index (χ0v) is 29.3. The van der Waals surface area contributed by atoms with Gasteiger partial charge in [0.2, 0.25) is 0 Å². The predicted octanol–water partition coefficient (Wildman–Crippen LogP) is 9.97. The van der Waals surface area contributed by atoms with Crippen LogP contribution in [0.4, 0.5) is 11.4 Å². The molecule has 2 N–H and O–H groups in total. The summed E-state index contributed by atoms with van der Waals surface area (Å²) in [6, 6.07) is 17.4. The molecular weight excluding hydrogens is 576 g/mol. The molecule has 1 aliphatic heterocycles. The smallest absolute Gasteiger partial charge is 0.143 e. The Bertz CT molecular complexity index is 1500. The van der Waals surface area contributed by atoms with Gasteiger partial charge in [-0.1, -0.05) is 63.3 Å². The molecule has 6 rings (SSSR count). The zero-order chi connectivity index (χ0) is 33.4. The molecule has 3 fully saturated rings. The molecule has 4 aliphatic rings. The summed E-state index contributed by atoms with van der Waals surface area (Å²) in [6.45, 7) is 14.9. The van der Waals surface area contributed by atoms with Gasteiger partial charge in [0.05, 0.1) is 6.10 Å². The molecule has 4 nitrogen and oxygen atoms in total. The van der Waals surface area contributed by atoms with Crippen molar-refractivity contribution in [1.82, 2.24) is 0 Å². The third-order valence-corrected chi connectivity index (χ3v) is 11.2. The standard InChI is InChI=1S/C29H36O2.C14H20N2/c1-4-6-8-20-9-11-21(12-10-20)25-19-29(3)26(15-16-27(29)31)24-14-13-22(17-18-30)23(7-5-2)28(24)25;1-12(2)15-13-6-8-14(9-7-13)16-10-4-3-5-11-16/h9-12,17-18,24-27,31H,4-5,7,13-16,19H2,1-3H3;6-9,15H,1,3-5,10-11H2,2H3/b22-17-;. The van der Waals surface area contributed by atoms with Crippen LogP contribution >= 0.6 is 0 Å². The van der Waals surface area contributed by atoms with E-state index in [1.165, 1.54) is 54.7 Å². The highest BCUT2D eigenvalue weighted by atomic mass is 16.3. The maximum atomic E-state index is 11.4. The van der Waals surface area contributed by atoms with Crippen LogP contribution in [0.2, 0.25) is 0 Å². The number of nitrogens with one attached hydrogen (secondary N) is 1. The summed E-state index contributed by atoms with van der Waals surface area (Å²) in [5.41, 5.74) is 10.1. The van der Waals surface area contributed by atoms with Crippen molar-refractivity contribution in [2.24, 2.45) is 17.3 Å². The lowest BCUT2D eigenvalue weighted by Crippen LogP contribution is -2.44. The highest BCUT2D eigenvalue weighted by Crippen LogP contribution is 2.63. The second kappa shape index (κ2) is 16.0. The van der Waals surface area contributed by atoms with E-state index in [2.05, 4.69) is 97.9 Å². The van der Waals surface area contributed by atoms with Crippen LogP contribution in [0.15, 0.2) is 83.6 Å². The van der Waals surface area contributed by atoms with Crippen molar-refractivity contribution in [3.63, 3.8) is 0 Å². The largest absolute Gasteiger partial charge is 0.393 e. The number of carbonyl (C=O) groups is 1. The number of hydrogen-bond acceptors (Lipinski definition) is 4. The van der Waals surface area contributed by atoms with Crippen LogP contribution in [0.3, 0.4) is 0 Å². The molecule has 2 aromatic rings. The Balaban J connectivity index is 0.000000227. The van der Waals surface area contributed by atoms with E-state index in [0.717, 1.165) is 74.6 Å². The van der Waals surface area contributed by atoms with E-state index < -0.39 is 0 Å². The minimum Gasteiger partial charge on any atom is -0.393 e. The van der Waals surface area contributed by atoms with Gasteiger partial charge in [-0.2, -0.15) is 0 Å². The van der Waals surface area contributed by atoms with Gasteiger partial charge in [0.15, 0.2) is 0 Å². The second-order valence-corrected chi connectivity index (χ2v) is 14.4. The highest BCUT2D eigenvalue weighted by molar-refractivity contribution is 5.69. The SMILES string of the molecule is C=C(C)Nc1ccc(N2CCCCC2)cc1.CCC#Cc1ccc(C2CC3(C)C(O)CCC3C3CC/C(=C/C=O)C(CCC)=C23)cc1. The van der Waals surface area contributed by atoms with Crippen LogP contribution < -0.4 is 10.2 Å². The average molecular weight is 633 g/mol. The molecule has 2 aromatic carbocycles. The van der Waals surface area contributed by atoms with Crippen LogP contribution in [0.25, 0.3) is 0 Å². The summed E-state index contributed by atoms with van der Waals surface area (Å²) in [5, 5.41) is 14.2. The van der Waals surface area contributed by atoms with E-state index in [1.807, 2.05) is 13.0 Å². The van der Waals surface area contributed by atoms with E-state index >= 15 is 0 Å². The predicted molar refractivity (Wildman–Crippen MR) is 198 cm³/mol. The van der Waals surface area contributed by atoms with Gasteiger partial charge >= 0.3 is 0 Å². The number of nitrogens with zero attached hydrogens (tertiary/aromatic N) is 1. The molecule has 2 saturated carbocycles. The Kier molecular flexibility index (Phi) is 11.9. The minimum absolute atomic E-state index is 0.0251. The molecule has 5 unspecified atom stereocenters. The Hall–Kier alpha value is -3.55. The van der Waals surface area contributed by atoms with Crippen LogP contribution in [0.1, 0.15) is 115 Å². The molecule has 0 bridgehead atoms. The van der Waals surface area contributed by atoms with Crippen LogP contribution in [-0.4, -0.2) is 30.6 Å². The fraction of sp³-hybridized carbons (Fsp3) is 0.512. The van der Waals surface area contributed by atoms with Crippen molar-refractivity contribution in [3.05, 3.63) is 94.7 Å². The van der Waals surface area contributed by atoms with Gasteiger partial charge in [0.1, 0.15) is 6.29 Å². The van der Waals surface area contributed by atoms with Gasteiger partial charge in [0, 0.05) is 48.1 Å². The van der Waals surface area contributed by atoms with Crippen LogP contribution in [0, 0.1) is 29.1 Å². The van der Waals surface area contributed by atoms with Crippen molar-refractivity contribution < 1.29 is 9.90 Å². The molecule has 4 heteroatoms. The summed E-state index contributed by atoms with van der Waals surface area (Å²) < 4.78 is 0. The number of benzene rings is 2. The zero-order valence-electron chi connectivity index (χ0n) is 29.3. The van der Waals surface area contributed by atoms with E-state index in [1.54, 1.807) is 5.57 Å². The lowest BCUT2D eigenvalue weighted by Gasteiger charge is -2.51. The van der Waals surface area contributed by atoms with Crippen LogP contribution in [-0.2, 0) is 4.79 Å². The molecule has 1 saturated heterocycles. The maximum absolute atomic E-state index is 11.4. The molecule has 0 radical (unpaired) electrons. The van der Waals surface area contributed by atoms with Crippen molar-refractivity contribution in [2.45, 2.75) is 110 Å². The number of hydrogen-bond donors (Lipinski definition) is 2. The molecule has 1 heterocycles. The number of aldehydes is 1. The lowest BCUT2D eigenvalue weighted by molar-refractivity contribution is -0.104. The van der Waals surface area contributed by atoms with Crippen molar-refractivity contribution in [1.29, 1.82) is 0 Å². The average Bonchev–Trinajstić information content (AvgIpc) is 3.39. The number of carbonyl (C=O) groups excluding carboxylic acids is 1. The molecule has 5 atom stereocenters. The molecule has 250 valence electrons. The van der Waals surface area contributed by atoms with Crippen molar-refractivity contribution in [2.75, 3.05) is 23.3 Å². The second-order valence-electron chi connectivity index (χ2n) is 14.4. The summed E-state index contributed by atoms with van der Waals surface area (Å²) >= 11 is 0. The Morgan fingerprint density at radius 3 is 2.40 bits per heavy atom. The lowest BCUT2D eigenvalue weighted by atomic mass is 9.53. The first-order valence-corrected chi connectivity index (χ1v) is 18.2. The number of allylic oxidation sites excluding steroid dienone is 5. The summed E-state index contributed by atoms with van der Waals surface area (Å²) in [4.78, 5) is 13.9. The first-order valence-electron chi connectivity index (χ1n) is 18.2. The first kappa shape index (κ1) is 34.8. The van der Waals surface area contributed by atoms with E-state index in [-0.39, 0.29) is 11.5 Å². The summed E-state index contributed by atoms with van der Waals surface area (Å²) in [6.07, 6.45) is 14.7. The van der Waals surface area contributed by atoms with Gasteiger partial charge in [-0.15, -0.1) is 0 Å². The highest BCUT2D eigenvalue weighted by Gasteiger charge is 2.56. The van der Waals surface area contributed by atoms with Gasteiger partial charge in [0.25, 0.3) is 0 Å². The van der Waals surface area contributed by atoms with Crippen LogP contribution in [0.5, 0.6) is 0 Å². The first-order chi connectivity index (χ1) is 22.8. The van der Waals surface area contributed by atoms with Gasteiger partial charge in [-0.25, -0.2) is 0 Å². The van der Waals surface area contributed by atoms with Gasteiger partial charge in [-0.3, -0.25) is 4.79 Å². The Morgan fingerprint density at radius 1 is 1.04 bits per heavy atom. The molecular formula is C43H56N2O2. The maximum Gasteiger partial charge on any atom is 0.143 e. The fourth-order valence-corrected chi connectivity index (χ4v) is 8.92. The number of aliphatic hydroxyl groups is 1. The molecule has 0 amide bonds. The fourth-order valence-electron chi connectivity index (χ4n) is 8.92. The number of aliphatic hydroxyl groups excluding tert-OH is 1. The monoisotopic (exact) mass is 632 g/mol.